The maximum absolute atomic E-state index is 13.0. The molecule has 0 spiro atoms. The normalized spacial score (nSPS) is 14.7. The second-order valence-corrected chi connectivity index (χ2v) is 24.2. The van der Waals surface area contributed by atoms with Gasteiger partial charge in [0.25, 0.3) is 0 Å². The number of carbonyl (C=O) groups excluding carboxylic acids is 1. The lowest BCUT2D eigenvalue weighted by molar-refractivity contribution is -0.870. The molecule has 0 bridgehead atoms. The van der Waals surface area contributed by atoms with Gasteiger partial charge in [-0.25, -0.2) is 4.57 Å². The van der Waals surface area contributed by atoms with E-state index in [1.807, 2.05) is 21.1 Å². The molecule has 3 atom stereocenters. The first-order valence-electron chi connectivity index (χ1n) is 32.7. The molecule has 462 valence electrons. The number of unbranched alkanes of at least 4 members (excludes halogenated alkanes) is 21. The minimum atomic E-state index is -4.35. The number of nitrogens with zero attached hydrogens (tertiary/aromatic N) is 1. The number of quaternary nitrogens is 1. The van der Waals surface area contributed by atoms with Crippen LogP contribution >= 0.6 is 7.82 Å². The zero-order valence-electron chi connectivity index (χ0n) is 52.7. The van der Waals surface area contributed by atoms with Crippen molar-refractivity contribution < 1.29 is 32.9 Å². The summed E-state index contributed by atoms with van der Waals surface area (Å²) in [5.41, 5.74) is 0. The number of nitrogens with one attached hydrogen (secondary N) is 1. The van der Waals surface area contributed by atoms with Gasteiger partial charge in [0.15, 0.2) is 0 Å². The van der Waals surface area contributed by atoms with Crippen LogP contribution in [0.2, 0.25) is 0 Å². The monoisotopic (exact) mass is 1140 g/mol. The summed E-state index contributed by atoms with van der Waals surface area (Å²) >= 11 is 0. The molecular weight excluding hydrogens is 1020 g/mol. The number of likely N-dealkylation sites (N-methyl/N-ethyl adjacent to an activating group) is 1. The van der Waals surface area contributed by atoms with E-state index in [1.54, 1.807) is 0 Å². The van der Waals surface area contributed by atoms with E-state index in [0.29, 0.717) is 30.3 Å². The van der Waals surface area contributed by atoms with E-state index in [9.17, 15) is 19.4 Å². The van der Waals surface area contributed by atoms with Crippen molar-refractivity contribution in [1.29, 1.82) is 0 Å². The quantitative estimate of drug-likeness (QED) is 0.0243. The lowest BCUT2D eigenvalue weighted by Crippen LogP contribution is -2.46. The number of allylic oxidation sites excluding steroid dienone is 24. The Morgan fingerprint density at radius 2 is 0.741 bits per heavy atom. The van der Waals surface area contributed by atoms with Crippen molar-refractivity contribution in [3.8, 4) is 0 Å². The van der Waals surface area contributed by atoms with Gasteiger partial charge in [0.2, 0.25) is 5.91 Å². The van der Waals surface area contributed by atoms with Gasteiger partial charge in [0.05, 0.1) is 39.9 Å². The highest BCUT2D eigenvalue weighted by atomic mass is 31.2. The highest BCUT2D eigenvalue weighted by molar-refractivity contribution is 7.47. The van der Waals surface area contributed by atoms with Crippen LogP contribution < -0.4 is 5.32 Å². The Labute approximate surface area is 499 Å². The fourth-order valence-electron chi connectivity index (χ4n) is 8.79. The van der Waals surface area contributed by atoms with Gasteiger partial charge in [-0.05, 0) is 103 Å². The van der Waals surface area contributed by atoms with Crippen LogP contribution in [0.15, 0.2) is 146 Å². The van der Waals surface area contributed by atoms with E-state index in [-0.39, 0.29) is 19.1 Å². The van der Waals surface area contributed by atoms with E-state index >= 15 is 0 Å². The molecular formula is C72H124N2O6P+. The van der Waals surface area contributed by atoms with Crippen LogP contribution in [-0.2, 0) is 18.4 Å². The van der Waals surface area contributed by atoms with Crippen molar-refractivity contribution in [3.63, 3.8) is 0 Å². The van der Waals surface area contributed by atoms with E-state index in [2.05, 4.69) is 165 Å². The Balaban J connectivity index is 4.23. The summed E-state index contributed by atoms with van der Waals surface area (Å²) in [5.74, 6) is -0.190. The fraction of sp³-hybridized carbons (Fsp3) is 0.653. The first-order valence-corrected chi connectivity index (χ1v) is 34.2. The van der Waals surface area contributed by atoms with E-state index < -0.39 is 20.0 Å². The van der Waals surface area contributed by atoms with Crippen LogP contribution in [0.3, 0.4) is 0 Å². The lowest BCUT2D eigenvalue weighted by atomic mass is 10.0. The number of hydrogen-bond donors (Lipinski definition) is 3. The van der Waals surface area contributed by atoms with Gasteiger partial charge < -0.3 is 19.8 Å². The number of phosphoric ester groups is 1. The average molecular weight is 1140 g/mol. The number of amides is 1. The molecule has 0 aromatic carbocycles. The third kappa shape index (κ3) is 63.8. The minimum absolute atomic E-state index is 0.0587. The molecule has 0 heterocycles. The molecule has 0 saturated heterocycles. The van der Waals surface area contributed by atoms with Crippen LogP contribution in [-0.4, -0.2) is 73.4 Å². The molecule has 9 heteroatoms. The van der Waals surface area contributed by atoms with Crippen LogP contribution in [0.5, 0.6) is 0 Å². The highest BCUT2D eigenvalue weighted by Gasteiger charge is 2.28. The molecule has 3 unspecified atom stereocenters. The fourth-order valence-corrected chi connectivity index (χ4v) is 9.53. The first-order chi connectivity index (χ1) is 39.5. The maximum Gasteiger partial charge on any atom is 0.472 e. The largest absolute Gasteiger partial charge is 0.472 e. The summed E-state index contributed by atoms with van der Waals surface area (Å²) in [6.07, 6.45) is 93.6. The lowest BCUT2D eigenvalue weighted by Gasteiger charge is -2.26. The average Bonchev–Trinajstić information content (AvgIpc) is 3.43. The standard InChI is InChI=1S/C72H123N2O6P/c1-6-8-10-12-14-16-18-20-22-24-26-28-29-30-31-32-33-34-35-36-37-38-39-40-41-42-43-44-45-46-48-50-52-54-56-58-60-62-64-66-72(76)73-70(69-80-81(77,78)79-68-67-74(3,4)5)71(75)65-63-61-59-57-55-53-51-49-47-27-25-23-21-19-17-15-13-11-9-7-2/h8,10,14,16,20,22,26,28,30-31,33-34,36-37,39-40,42-43,45-46,50,52,56,58,70-71,75H,6-7,9,11-13,15,17-19,21,23-25,27,29,32,35,38,41,44,47-49,51,53-55,57,59-69H2,1-5H3,(H-,73,76,77,78)/p+1/b10-8-,16-14-,22-20-,28-26-,31-30-,34-33-,37-36-,40-39-,43-42-,46-45-,52-50-,58-56-. The molecule has 0 radical (unpaired) electrons. The molecule has 0 rings (SSSR count). The number of rotatable bonds is 58. The predicted molar refractivity (Wildman–Crippen MR) is 354 cm³/mol. The number of hydrogen-bond acceptors (Lipinski definition) is 5. The summed E-state index contributed by atoms with van der Waals surface area (Å²) < 4.78 is 23.8. The molecule has 1 amide bonds. The molecule has 0 aliphatic carbocycles. The third-order valence-corrected chi connectivity index (χ3v) is 14.8. The first kappa shape index (κ1) is 77.4. The predicted octanol–water partition coefficient (Wildman–Crippen LogP) is 20.8. The Kier molecular flexibility index (Phi) is 58.2. The van der Waals surface area contributed by atoms with E-state index in [4.69, 9.17) is 9.05 Å². The number of phosphoric acid groups is 1. The van der Waals surface area contributed by atoms with Crippen LogP contribution in [0.1, 0.15) is 251 Å². The molecule has 81 heavy (non-hydrogen) atoms. The smallest absolute Gasteiger partial charge is 0.391 e. The summed E-state index contributed by atoms with van der Waals surface area (Å²) in [6.45, 7) is 4.74. The molecule has 8 nitrogen and oxygen atoms in total. The molecule has 0 aliphatic heterocycles. The minimum Gasteiger partial charge on any atom is -0.391 e. The van der Waals surface area contributed by atoms with Gasteiger partial charge in [-0.2, -0.15) is 0 Å². The molecule has 0 aromatic heterocycles. The van der Waals surface area contributed by atoms with Crippen LogP contribution in [0, 0.1) is 0 Å². The summed E-state index contributed by atoms with van der Waals surface area (Å²) in [5, 5.41) is 14.1. The zero-order valence-corrected chi connectivity index (χ0v) is 53.6. The summed E-state index contributed by atoms with van der Waals surface area (Å²) in [6, 6.07) is -0.796. The van der Waals surface area contributed by atoms with Crippen molar-refractivity contribution in [2.45, 2.75) is 264 Å². The SMILES string of the molecule is CC/C=C\C/C=C\C/C=C\C/C=C\C/C=C\C/C=C\C/C=C\C/C=C\C/C=C\C/C=C\C/C=C\C/C=C\CCCCC(=O)NC(COP(=O)(O)OCC[N+](C)(C)C)C(O)CCCCCCCCCCCCCCCCCCCCCC. The molecule has 0 fully saturated rings. The number of carbonyl (C=O) groups is 1. The van der Waals surface area contributed by atoms with Crippen LogP contribution in [0.4, 0.5) is 0 Å². The van der Waals surface area contributed by atoms with Crippen molar-refractivity contribution in [1.82, 2.24) is 5.32 Å². The van der Waals surface area contributed by atoms with Crippen molar-refractivity contribution in [2.75, 3.05) is 40.9 Å². The Morgan fingerprint density at radius 1 is 0.432 bits per heavy atom. The van der Waals surface area contributed by atoms with Crippen molar-refractivity contribution in [3.05, 3.63) is 146 Å². The highest BCUT2D eigenvalue weighted by Crippen LogP contribution is 2.43. The van der Waals surface area contributed by atoms with E-state index in [0.717, 1.165) is 109 Å². The maximum atomic E-state index is 13.0. The Morgan fingerprint density at radius 3 is 1.06 bits per heavy atom. The third-order valence-electron chi connectivity index (χ3n) is 13.9. The number of aliphatic hydroxyl groups is 1. The Hall–Kier alpha value is -3.62. The molecule has 3 N–H and O–H groups in total. The van der Waals surface area contributed by atoms with Gasteiger partial charge >= 0.3 is 7.82 Å². The molecule has 0 saturated carbocycles. The summed E-state index contributed by atoms with van der Waals surface area (Å²) in [7, 11) is 1.57. The summed E-state index contributed by atoms with van der Waals surface area (Å²) in [4.78, 5) is 23.4. The van der Waals surface area contributed by atoms with Gasteiger partial charge in [-0.15, -0.1) is 0 Å². The second kappa shape index (κ2) is 61.0. The van der Waals surface area contributed by atoms with Crippen molar-refractivity contribution in [2.24, 2.45) is 0 Å². The topological polar surface area (TPSA) is 105 Å². The van der Waals surface area contributed by atoms with Gasteiger partial charge in [-0.1, -0.05) is 288 Å². The Bertz CT molecular complexity index is 1830. The number of aliphatic hydroxyl groups excluding tert-OH is 1. The van der Waals surface area contributed by atoms with Gasteiger partial charge in [0.1, 0.15) is 13.2 Å². The van der Waals surface area contributed by atoms with Crippen LogP contribution in [0.25, 0.3) is 0 Å². The van der Waals surface area contributed by atoms with Gasteiger partial charge in [0, 0.05) is 6.42 Å². The van der Waals surface area contributed by atoms with Gasteiger partial charge in [-0.3, -0.25) is 13.8 Å². The zero-order chi connectivity index (χ0) is 59.1. The molecule has 0 aliphatic rings. The second-order valence-electron chi connectivity index (χ2n) is 22.8. The molecule has 0 aromatic rings. The van der Waals surface area contributed by atoms with E-state index in [1.165, 1.54) is 109 Å². The van der Waals surface area contributed by atoms with Crippen molar-refractivity contribution >= 4 is 13.7 Å².